The highest BCUT2D eigenvalue weighted by Gasteiger charge is 2.40. The van der Waals surface area contributed by atoms with Crippen molar-refractivity contribution in [1.82, 2.24) is 0 Å². The molecule has 1 saturated carbocycles. The van der Waals surface area contributed by atoms with Crippen molar-refractivity contribution < 1.29 is 24.2 Å². The smallest absolute Gasteiger partial charge is 0.312 e. The molecule has 0 aromatic heterocycles. The van der Waals surface area contributed by atoms with Gasteiger partial charge < -0.3 is 14.6 Å². The average molecular weight is 358 g/mol. The van der Waals surface area contributed by atoms with E-state index >= 15 is 0 Å². The van der Waals surface area contributed by atoms with Crippen LogP contribution in [0.25, 0.3) is 6.08 Å². The Morgan fingerprint density at radius 1 is 1.35 bits per heavy atom. The van der Waals surface area contributed by atoms with E-state index in [-0.39, 0.29) is 30.0 Å². The van der Waals surface area contributed by atoms with Gasteiger partial charge in [-0.15, -0.1) is 0 Å². The third-order valence-corrected chi connectivity index (χ3v) is 4.96. The number of carbonyl (C=O) groups is 2. The lowest BCUT2D eigenvalue weighted by Gasteiger charge is -2.34. The molecule has 0 bridgehead atoms. The van der Waals surface area contributed by atoms with E-state index < -0.39 is 5.41 Å². The molecule has 1 aliphatic carbocycles. The van der Waals surface area contributed by atoms with E-state index in [9.17, 15) is 14.7 Å². The lowest BCUT2D eigenvalue weighted by molar-refractivity contribution is -0.156. The fourth-order valence-electron chi connectivity index (χ4n) is 3.16. The lowest BCUT2D eigenvalue weighted by atomic mass is 9.70. The number of esters is 1. The number of ether oxygens (including phenoxy) is 2. The highest BCUT2D eigenvalue weighted by atomic mass is 16.5. The summed E-state index contributed by atoms with van der Waals surface area (Å²) in [4.78, 5) is 24.6. The summed E-state index contributed by atoms with van der Waals surface area (Å²) >= 11 is 0. The van der Waals surface area contributed by atoms with Crippen molar-refractivity contribution in [3.63, 3.8) is 0 Å². The molecule has 5 heteroatoms. The minimum absolute atomic E-state index is 0.0542. The third-order valence-electron chi connectivity index (χ3n) is 4.96. The number of phenols is 1. The van der Waals surface area contributed by atoms with Gasteiger partial charge in [0.25, 0.3) is 0 Å². The molecule has 0 aliphatic heterocycles. The largest absolute Gasteiger partial charge is 0.504 e. The van der Waals surface area contributed by atoms with Gasteiger partial charge in [0.2, 0.25) is 0 Å². The molecule has 1 N–H and O–H groups in total. The number of hydrogen-bond acceptors (Lipinski definition) is 5. The molecule has 5 nitrogen and oxygen atoms in total. The molecule has 140 valence electrons. The van der Waals surface area contributed by atoms with E-state index in [0.29, 0.717) is 31.4 Å². The predicted molar refractivity (Wildman–Crippen MR) is 99.9 cm³/mol. The van der Waals surface area contributed by atoms with Crippen LogP contribution in [0.3, 0.4) is 0 Å². The molecule has 1 aromatic rings. The minimum atomic E-state index is -0.520. The number of rotatable bonds is 7. The summed E-state index contributed by atoms with van der Waals surface area (Å²) in [5, 5.41) is 9.60. The molecule has 2 rings (SSSR count). The second-order valence-corrected chi connectivity index (χ2v) is 6.89. The topological polar surface area (TPSA) is 72.8 Å². The van der Waals surface area contributed by atoms with Crippen molar-refractivity contribution in [3.8, 4) is 11.5 Å². The molecule has 1 fully saturated rings. The van der Waals surface area contributed by atoms with E-state index in [1.165, 1.54) is 13.2 Å². The number of aromatic hydroxyl groups is 1. The number of benzene rings is 1. The van der Waals surface area contributed by atoms with Crippen LogP contribution in [0, 0.1) is 11.3 Å². The van der Waals surface area contributed by atoms with Gasteiger partial charge in [0, 0.05) is 5.92 Å². The van der Waals surface area contributed by atoms with Gasteiger partial charge in [-0.05, 0) is 56.4 Å². The molecular formula is C21H26O5. The van der Waals surface area contributed by atoms with E-state index in [0.717, 1.165) is 5.56 Å². The van der Waals surface area contributed by atoms with Crippen molar-refractivity contribution in [2.45, 2.75) is 32.6 Å². The van der Waals surface area contributed by atoms with Crippen molar-refractivity contribution in [1.29, 1.82) is 0 Å². The molecule has 26 heavy (non-hydrogen) atoms. The van der Waals surface area contributed by atoms with Crippen molar-refractivity contribution in [3.05, 3.63) is 42.5 Å². The van der Waals surface area contributed by atoms with Crippen molar-refractivity contribution in [2.24, 2.45) is 11.3 Å². The highest BCUT2D eigenvalue weighted by molar-refractivity contribution is 5.95. The van der Waals surface area contributed by atoms with E-state index in [2.05, 4.69) is 6.58 Å². The maximum atomic E-state index is 12.4. The first-order chi connectivity index (χ1) is 12.4. The van der Waals surface area contributed by atoms with Gasteiger partial charge in [-0.1, -0.05) is 24.8 Å². The van der Waals surface area contributed by atoms with Crippen molar-refractivity contribution >= 4 is 17.8 Å². The Hall–Kier alpha value is -2.56. The molecule has 0 unspecified atom stereocenters. The minimum Gasteiger partial charge on any atom is -0.504 e. The molecule has 0 amide bonds. The average Bonchev–Trinajstić information content (AvgIpc) is 2.65. The molecular weight excluding hydrogens is 332 g/mol. The molecule has 0 saturated heterocycles. The summed E-state index contributed by atoms with van der Waals surface area (Å²) in [5.74, 6) is 0.191. The summed E-state index contributed by atoms with van der Waals surface area (Å²) < 4.78 is 10.2. The monoisotopic (exact) mass is 358 g/mol. The Balaban J connectivity index is 1.94. The number of hydrogen-bond donors (Lipinski definition) is 1. The van der Waals surface area contributed by atoms with Crippen LogP contribution in [0.4, 0.5) is 0 Å². The molecule has 1 aliphatic rings. The quantitative estimate of drug-likeness (QED) is 0.454. The van der Waals surface area contributed by atoms with Gasteiger partial charge in [-0.3, -0.25) is 9.59 Å². The van der Waals surface area contributed by atoms with Gasteiger partial charge in [0.15, 0.2) is 17.3 Å². The van der Waals surface area contributed by atoms with Crippen LogP contribution in [0.1, 0.15) is 38.2 Å². The first-order valence-corrected chi connectivity index (χ1v) is 8.76. The fraction of sp³-hybridized carbons (Fsp3) is 0.429. The summed E-state index contributed by atoms with van der Waals surface area (Å²) in [6, 6.07) is 4.92. The first kappa shape index (κ1) is 19.8. The number of allylic oxidation sites excluding steroid dienone is 1. The SMILES string of the molecule is C=CCOC(=O)C1(C)CCC(C(=O)C=Cc2ccc(O)c(OC)c2)CC1. The summed E-state index contributed by atoms with van der Waals surface area (Å²) in [6.07, 6.45) is 7.45. The summed E-state index contributed by atoms with van der Waals surface area (Å²) in [7, 11) is 1.48. The van der Waals surface area contributed by atoms with Crippen LogP contribution in [0.5, 0.6) is 11.5 Å². The highest BCUT2D eigenvalue weighted by Crippen LogP contribution is 2.40. The summed E-state index contributed by atoms with van der Waals surface area (Å²) in [5.41, 5.74) is 0.259. The Kier molecular flexibility index (Phi) is 6.61. The number of methoxy groups -OCH3 is 1. The van der Waals surface area contributed by atoms with Gasteiger partial charge in [0.05, 0.1) is 12.5 Å². The van der Waals surface area contributed by atoms with Gasteiger partial charge in [-0.2, -0.15) is 0 Å². The van der Waals surface area contributed by atoms with Crippen LogP contribution in [0.2, 0.25) is 0 Å². The Morgan fingerprint density at radius 2 is 2.04 bits per heavy atom. The fourth-order valence-corrected chi connectivity index (χ4v) is 3.16. The van der Waals surface area contributed by atoms with Gasteiger partial charge in [-0.25, -0.2) is 0 Å². The normalized spacial score (nSPS) is 22.8. The van der Waals surface area contributed by atoms with Crippen LogP contribution >= 0.6 is 0 Å². The zero-order chi connectivity index (χ0) is 19.2. The van der Waals surface area contributed by atoms with E-state index in [4.69, 9.17) is 9.47 Å². The zero-order valence-corrected chi connectivity index (χ0v) is 15.4. The Morgan fingerprint density at radius 3 is 2.65 bits per heavy atom. The maximum absolute atomic E-state index is 12.4. The number of ketones is 1. The van der Waals surface area contributed by atoms with Crippen LogP contribution in [-0.4, -0.2) is 30.6 Å². The number of carbonyl (C=O) groups excluding carboxylic acids is 2. The molecule has 0 spiro atoms. The molecule has 1 aromatic carbocycles. The van der Waals surface area contributed by atoms with E-state index in [1.54, 1.807) is 30.4 Å². The number of phenolic OH excluding ortho intramolecular Hbond substituents is 1. The standard InChI is InChI=1S/C21H26O5/c1-4-13-26-20(24)21(2)11-9-16(10-12-21)17(22)7-5-15-6-8-18(23)19(14-15)25-3/h4-8,14,16,23H,1,9-13H2,2-3H3. The van der Waals surface area contributed by atoms with Crippen LogP contribution < -0.4 is 4.74 Å². The van der Waals surface area contributed by atoms with E-state index in [1.807, 2.05) is 6.92 Å². The lowest BCUT2D eigenvalue weighted by Crippen LogP contribution is -2.35. The van der Waals surface area contributed by atoms with Gasteiger partial charge >= 0.3 is 5.97 Å². The predicted octanol–water partition coefficient (Wildman–Crippen LogP) is 3.91. The molecule has 0 heterocycles. The zero-order valence-electron chi connectivity index (χ0n) is 15.4. The first-order valence-electron chi connectivity index (χ1n) is 8.76. The maximum Gasteiger partial charge on any atom is 0.312 e. The Labute approximate surface area is 154 Å². The second kappa shape index (κ2) is 8.70. The summed E-state index contributed by atoms with van der Waals surface area (Å²) in [6.45, 7) is 5.66. The van der Waals surface area contributed by atoms with Crippen molar-refractivity contribution in [2.75, 3.05) is 13.7 Å². The molecule has 0 radical (unpaired) electrons. The Bertz CT molecular complexity index is 696. The second-order valence-electron chi connectivity index (χ2n) is 6.89. The van der Waals surface area contributed by atoms with Crippen LogP contribution in [-0.2, 0) is 14.3 Å². The third kappa shape index (κ3) is 4.75. The molecule has 0 atom stereocenters. The van der Waals surface area contributed by atoms with Gasteiger partial charge in [0.1, 0.15) is 6.61 Å². The van der Waals surface area contributed by atoms with Crippen LogP contribution in [0.15, 0.2) is 36.9 Å².